The second kappa shape index (κ2) is 3.67. The van der Waals surface area contributed by atoms with Gasteiger partial charge in [0.1, 0.15) is 0 Å². The number of carbonyl (C=O) groups is 1. The fourth-order valence-corrected chi connectivity index (χ4v) is 1.46. The minimum absolute atomic E-state index is 0.00939. The Kier molecular flexibility index (Phi) is 2.37. The fraction of sp³-hybridized carbons (Fsp3) is 0.300. The Balaban J connectivity index is 2.41. The number of aliphatic hydroxyl groups is 1. The van der Waals surface area contributed by atoms with E-state index in [1.807, 2.05) is 6.07 Å². The van der Waals surface area contributed by atoms with Gasteiger partial charge in [-0.3, -0.25) is 4.79 Å². The van der Waals surface area contributed by atoms with E-state index in [1.54, 1.807) is 6.20 Å². The average molecular weight is 190 g/mol. The molecular formula is C10H10N2O2. The van der Waals surface area contributed by atoms with Crippen molar-refractivity contribution in [3.8, 4) is 0 Å². The lowest BCUT2D eigenvalue weighted by Gasteiger charge is -2.11. The number of aryl methyl sites for hydroxylation is 1. The molecule has 0 unspecified atom stereocenters. The Morgan fingerprint density at radius 1 is 1.50 bits per heavy atom. The Morgan fingerprint density at radius 2 is 2.36 bits per heavy atom. The Hall–Kier alpha value is -1.55. The first kappa shape index (κ1) is 9.02. The van der Waals surface area contributed by atoms with Gasteiger partial charge in [-0.1, -0.05) is 0 Å². The summed E-state index contributed by atoms with van der Waals surface area (Å²) >= 11 is 0. The molecule has 4 heteroatoms. The first-order valence-electron chi connectivity index (χ1n) is 4.45. The molecule has 0 amide bonds. The largest absolute Gasteiger partial charge is 0.392 e. The highest BCUT2D eigenvalue weighted by Gasteiger charge is 2.12. The van der Waals surface area contributed by atoms with Crippen molar-refractivity contribution in [2.45, 2.75) is 19.4 Å². The topological polar surface area (TPSA) is 62.5 Å². The monoisotopic (exact) mass is 190 g/mol. The van der Waals surface area contributed by atoms with E-state index in [1.165, 1.54) is 0 Å². The number of fused-ring (bicyclic) bond motifs is 1. The van der Waals surface area contributed by atoms with Crippen LogP contribution in [0.25, 0.3) is 0 Å². The maximum Gasteiger partial charge on any atom is 0.164 e. The van der Waals surface area contributed by atoms with E-state index in [9.17, 15) is 4.79 Å². The zero-order valence-electron chi connectivity index (χ0n) is 7.60. The van der Waals surface area contributed by atoms with Crippen LogP contribution in [0.1, 0.15) is 17.5 Å². The molecule has 0 radical (unpaired) electrons. The molecule has 2 rings (SSSR count). The quantitative estimate of drug-likeness (QED) is 0.701. The molecule has 0 saturated heterocycles. The maximum atomic E-state index is 10.5. The van der Waals surface area contributed by atoms with E-state index in [4.69, 9.17) is 5.11 Å². The summed E-state index contributed by atoms with van der Waals surface area (Å²) in [7, 11) is 0. The molecule has 0 aromatic carbocycles. The van der Waals surface area contributed by atoms with Gasteiger partial charge in [-0.05, 0) is 30.0 Å². The molecule has 0 atom stereocenters. The van der Waals surface area contributed by atoms with Crippen LogP contribution in [0.2, 0.25) is 0 Å². The number of aromatic nitrogens is 1. The molecule has 4 nitrogen and oxygen atoms in total. The standard InChI is InChI=1S/C10H10N2O2/c13-5-7-3-8-1-2-9(6-14)12-10(8)11-4-7/h3-4,6,13H,1-2,5H2. The van der Waals surface area contributed by atoms with Crippen LogP contribution < -0.4 is 0 Å². The number of carbonyl (C=O) groups excluding carboxylic acids is 1. The van der Waals surface area contributed by atoms with Crippen LogP contribution in [0.15, 0.2) is 17.3 Å². The van der Waals surface area contributed by atoms with Gasteiger partial charge in [-0.25, -0.2) is 9.98 Å². The number of aliphatic imine (C=N–C) groups is 1. The first-order valence-corrected chi connectivity index (χ1v) is 4.45. The molecule has 0 spiro atoms. The number of nitrogens with zero attached hydrogens (tertiary/aromatic N) is 2. The SMILES string of the molecule is O=CC1=Nc2ncc(CO)cc2CC1. The molecule has 1 aliphatic rings. The molecule has 1 aliphatic heterocycles. The average Bonchev–Trinajstić information content (AvgIpc) is 2.27. The lowest BCUT2D eigenvalue weighted by Crippen LogP contribution is -2.08. The highest BCUT2D eigenvalue weighted by Crippen LogP contribution is 2.23. The van der Waals surface area contributed by atoms with Crippen molar-refractivity contribution in [3.63, 3.8) is 0 Å². The van der Waals surface area contributed by atoms with Crippen LogP contribution >= 0.6 is 0 Å². The van der Waals surface area contributed by atoms with Crippen LogP contribution in [-0.2, 0) is 17.8 Å². The molecule has 0 fully saturated rings. The van der Waals surface area contributed by atoms with Gasteiger partial charge in [0.05, 0.1) is 12.3 Å². The Morgan fingerprint density at radius 3 is 3.07 bits per heavy atom. The Bertz CT molecular complexity index is 399. The van der Waals surface area contributed by atoms with E-state index in [2.05, 4.69) is 9.98 Å². The van der Waals surface area contributed by atoms with E-state index in [0.29, 0.717) is 18.0 Å². The molecule has 1 aromatic heterocycles. The van der Waals surface area contributed by atoms with Gasteiger partial charge in [-0.2, -0.15) is 0 Å². The molecular weight excluding hydrogens is 180 g/mol. The molecule has 1 aromatic rings. The van der Waals surface area contributed by atoms with Gasteiger partial charge in [-0.15, -0.1) is 0 Å². The number of pyridine rings is 1. The fourth-order valence-electron chi connectivity index (χ4n) is 1.46. The highest BCUT2D eigenvalue weighted by molar-refractivity contribution is 6.29. The van der Waals surface area contributed by atoms with Crippen LogP contribution in [0.4, 0.5) is 5.82 Å². The maximum absolute atomic E-state index is 10.5. The van der Waals surface area contributed by atoms with E-state index in [-0.39, 0.29) is 6.61 Å². The van der Waals surface area contributed by atoms with E-state index in [0.717, 1.165) is 23.8 Å². The number of rotatable bonds is 2. The zero-order chi connectivity index (χ0) is 9.97. The summed E-state index contributed by atoms with van der Waals surface area (Å²) in [5.74, 6) is 0.607. The second-order valence-electron chi connectivity index (χ2n) is 3.21. The summed E-state index contributed by atoms with van der Waals surface area (Å²) in [6, 6.07) is 1.88. The van der Waals surface area contributed by atoms with Gasteiger partial charge in [0, 0.05) is 6.20 Å². The molecule has 0 bridgehead atoms. The van der Waals surface area contributed by atoms with Crippen molar-refractivity contribution in [2.24, 2.45) is 4.99 Å². The summed E-state index contributed by atoms with van der Waals surface area (Å²) in [5, 5.41) is 8.91. The smallest absolute Gasteiger partial charge is 0.164 e. The third kappa shape index (κ3) is 1.56. The molecule has 0 saturated carbocycles. The third-order valence-electron chi connectivity index (χ3n) is 2.22. The Labute approximate surface area is 81.3 Å². The molecule has 2 heterocycles. The summed E-state index contributed by atoms with van der Waals surface area (Å²) in [6.07, 6.45) is 3.78. The number of hydrogen-bond acceptors (Lipinski definition) is 4. The minimum atomic E-state index is -0.00939. The summed E-state index contributed by atoms with van der Waals surface area (Å²) in [4.78, 5) is 18.7. The van der Waals surface area contributed by atoms with Crippen LogP contribution in [0.3, 0.4) is 0 Å². The summed E-state index contributed by atoms with van der Waals surface area (Å²) < 4.78 is 0. The third-order valence-corrected chi connectivity index (χ3v) is 2.22. The lowest BCUT2D eigenvalue weighted by molar-refractivity contribution is -0.102. The zero-order valence-corrected chi connectivity index (χ0v) is 7.60. The number of aldehydes is 1. The molecule has 1 N–H and O–H groups in total. The van der Waals surface area contributed by atoms with Gasteiger partial charge in [0.25, 0.3) is 0 Å². The van der Waals surface area contributed by atoms with E-state index < -0.39 is 0 Å². The molecule has 14 heavy (non-hydrogen) atoms. The van der Waals surface area contributed by atoms with Crippen molar-refractivity contribution < 1.29 is 9.90 Å². The lowest BCUT2D eigenvalue weighted by atomic mass is 10.0. The van der Waals surface area contributed by atoms with Gasteiger partial charge in [0.2, 0.25) is 0 Å². The van der Waals surface area contributed by atoms with Gasteiger partial charge >= 0.3 is 0 Å². The second-order valence-corrected chi connectivity index (χ2v) is 3.21. The summed E-state index contributed by atoms with van der Waals surface area (Å²) in [6.45, 7) is -0.00939. The predicted molar refractivity (Wildman–Crippen MR) is 51.6 cm³/mol. The minimum Gasteiger partial charge on any atom is -0.392 e. The van der Waals surface area contributed by atoms with Crippen LogP contribution in [-0.4, -0.2) is 22.1 Å². The van der Waals surface area contributed by atoms with Crippen LogP contribution in [0.5, 0.6) is 0 Å². The van der Waals surface area contributed by atoms with Crippen molar-refractivity contribution in [1.82, 2.24) is 4.98 Å². The highest BCUT2D eigenvalue weighted by atomic mass is 16.3. The van der Waals surface area contributed by atoms with Gasteiger partial charge in [0.15, 0.2) is 12.1 Å². The summed E-state index contributed by atoms with van der Waals surface area (Å²) in [5.41, 5.74) is 2.33. The van der Waals surface area contributed by atoms with Crippen molar-refractivity contribution in [3.05, 3.63) is 23.4 Å². The van der Waals surface area contributed by atoms with Crippen molar-refractivity contribution in [2.75, 3.05) is 0 Å². The first-order chi connectivity index (χ1) is 6.83. The van der Waals surface area contributed by atoms with Gasteiger partial charge < -0.3 is 5.11 Å². The number of hydrogen-bond donors (Lipinski definition) is 1. The molecule has 72 valence electrons. The van der Waals surface area contributed by atoms with Crippen LogP contribution in [0, 0.1) is 0 Å². The molecule has 0 aliphatic carbocycles. The predicted octanol–water partition coefficient (Wildman–Crippen LogP) is 0.791. The van der Waals surface area contributed by atoms with Crippen molar-refractivity contribution in [1.29, 1.82) is 0 Å². The number of aliphatic hydroxyl groups excluding tert-OH is 1. The van der Waals surface area contributed by atoms with E-state index >= 15 is 0 Å². The van der Waals surface area contributed by atoms with Crippen molar-refractivity contribution >= 4 is 17.8 Å². The normalized spacial score (nSPS) is 14.5.